The fourth-order valence-electron chi connectivity index (χ4n) is 0.697. The molecule has 0 aliphatic heterocycles. The number of allylic oxidation sites excluding steroid dienone is 2. The molecule has 1 aliphatic carbocycles. The van der Waals surface area contributed by atoms with Crippen molar-refractivity contribution in [2.45, 2.75) is 19.3 Å². The second-order valence-electron chi connectivity index (χ2n) is 1.84. The highest BCUT2D eigenvalue weighted by Crippen LogP contribution is 2.20. The molecule has 1 heteroatoms. The Kier molecular flexibility index (Phi) is 1.45. The van der Waals surface area contributed by atoms with E-state index >= 15 is 0 Å². The summed E-state index contributed by atoms with van der Waals surface area (Å²) in [6.45, 7) is -0.175. The number of hydrogen-bond acceptors (Lipinski definition) is 0. The van der Waals surface area contributed by atoms with Crippen LogP contribution >= 0.6 is 0 Å². The molecule has 1 aliphatic rings. The van der Waals surface area contributed by atoms with Crippen LogP contribution in [0.25, 0.3) is 0 Å². The maximum Gasteiger partial charge on any atom is 0.0931 e. The lowest BCUT2D eigenvalue weighted by Gasteiger charge is -2.10. The van der Waals surface area contributed by atoms with E-state index in [-0.39, 0.29) is 6.67 Å². The van der Waals surface area contributed by atoms with E-state index in [1.54, 1.807) is 0 Å². The highest BCUT2D eigenvalue weighted by molar-refractivity contribution is 5.11. The molecule has 0 saturated heterocycles. The Morgan fingerprint density at radius 2 is 2.43 bits per heavy atom. The van der Waals surface area contributed by atoms with Crippen molar-refractivity contribution in [3.63, 3.8) is 0 Å². The van der Waals surface area contributed by atoms with Gasteiger partial charge >= 0.3 is 0 Å². The first kappa shape index (κ1) is 4.82. The van der Waals surface area contributed by atoms with Crippen molar-refractivity contribution in [2.24, 2.45) is 0 Å². The van der Waals surface area contributed by atoms with Crippen LogP contribution in [0.2, 0.25) is 0 Å². The largest absolute Gasteiger partial charge is 0.251 e. The van der Waals surface area contributed by atoms with Gasteiger partial charge in [0.1, 0.15) is 0 Å². The molecular formula is C6H9F. The molecule has 7 heavy (non-hydrogen) atoms. The quantitative estimate of drug-likeness (QED) is 0.466. The Morgan fingerprint density at radius 3 is 2.57 bits per heavy atom. The van der Waals surface area contributed by atoms with Gasteiger partial charge in [-0.1, -0.05) is 11.6 Å². The van der Waals surface area contributed by atoms with Crippen molar-refractivity contribution in [3.05, 3.63) is 11.6 Å². The smallest absolute Gasteiger partial charge is 0.0931 e. The van der Waals surface area contributed by atoms with Gasteiger partial charge in [0.05, 0.1) is 6.67 Å². The molecule has 0 spiro atoms. The van der Waals surface area contributed by atoms with Gasteiger partial charge in [-0.15, -0.1) is 0 Å². The van der Waals surface area contributed by atoms with Gasteiger partial charge < -0.3 is 0 Å². The summed E-state index contributed by atoms with van der Waals surface area (Å²) in [4.78, 5) is 0. The minimum atomic E-state index is -0.175. The van der Waals surface area contributed by atoms with Crippen LogP contribution in [0.5, 0.6) is 0 Å². The van der Waals surface area contributed by atoms with Gasteiger partial charge in [-0.05, 0) is 19.3 Å². The standard InChI is InChI=1S/C6H9F/c7-5-4-6-2-1-3-6/h2H,1,3-5H2. The third-order valence-electron chi connectivity index (χ3n) is 1.31. The molecule has 0 aromatic rings. The van der Waals surface area contributed by atoms with Gasteiger partial charge in [0.25, 0.3) is 0 Å². The van der Waals surface area contributed by atoms with Gasteiger partial charge in [-0.2, -0.15) is 0 Å². The van der Waals surface area contributed by atoms with Crippen LogP contribution in [-0.2, 0) is 0 Å². The molecule has 0 atom stereocenters. The first-order valence-electron chi connectivity index (χ1n) is 2.67. The Balaban J connectivity index is 2.15. The summed E-state index contributed by atoms with van der Waals surface area (Å²) in [6, 6.07) is 0. The lowest BCUT2D eigenvalue weighted by Crippen LogP contribution is -1.93. The first-order valence-corrected chi connectivity index (χ1v) is 2.67. The lowest BCUT2D eigenvalue weighted by atomic mass is 9.97. The lowest BCUT2D eigenvalue weighted by molar-refractivity contribution is 0.484. The van der Waals surface area contributed by atoms with Crippen LogP contribution in [0.15, 0.2) is 11.6 Å². The Hall–Kier alpha value is -0.330. The molecule has 0 fully saturated rings. The molecule has 0 amide bonds. The monoisotopic (exact) mass is 100 g/mol. The second-order valence-corrected chi connectivity index (χ2v) is 1.84. The molecule has 0 aromatic heterocycles. The predicted molar refractivity (Wildman–Crippen MR) is 27.9 cm³/mol. The van der Waals surface area contributed by atoms with Crippen LogP contribution in [0.1, 0.15) is 19.3 Å². The van der Waals surface area contributed by atoms with E-state index in [0.717, 1.165) is 6.42 Å². The average Bonchev–Trinajstić information content (AvgIpc) is 1.55. The van der Waals surface area contributed by atoms with Gasteiger partial charge in [0.2, 0.25) is 0 Å². The normalized spacial score (nSPS) is 18.1. The van der Waals surface area contributed by atoms with Crippen LogP contribution in [0.4, 0.5) is 4.39 Å². The predicted octanol–water partition coefficient (Wildman–Crippen LogP) is 2.07. The fraction of sp³-hybridized carbons (Fsp3) is 0.667. The zero-order chi connectivity index (χ0) is 5.11. The van der Waals surface area contributed by atoms with Gasteiger partial charge in [0.15, 0.2) is 0 Å². The van der Waals surface area contributed by atoms with Gasteiger partial charge in [-0.25, -0.2) is 0 Å². The summed E-state index contributed by atoms with van der Waals surface area (Å²) in [7, 11) is 0. The molecule has 0 N–H and O–H groups in total. The molecule has 0 unspecified atom stereocenters. The number of halogens is 1. The molecule has 40 valence electrons. The minimum Gasteiger partial charge on any atom is -0.251 e. The molecule has 0 heterocycles. The Labute approximate surface area is 43.0 Å². The summed E-state index contributed by atoms with van der Waals surface area (Å²) in [5.41, 5.74) is 1.31. The van der Waals surface area contributed by atoms with E-state index < -0.39 is 0 Å². The maximum absolute atomic E-state index is 11.4. The summed E-state index contributed by atoms with van der Waals surface area (Å²) in [5, 5.41) is 0. The zero-order valence-corrected chi connectivity index (χ0v) is 4.28. The molecule has 1 rings (SSSR count). The summed E-state index contributed by atoms with van der Waals surface area (Å²) >= 11 is 0. The Morgan fingerprint density at radius 1 is 1.71 bits per heavy atom. The zero-order valence-electron chi connectivity index (χ0n) is 4.28. The third kappa shape index (κ3) is 1.02. The van der Waals surface area contributed by atoms with E-state index in [2.05, 4.69) is 6.08 Å². The summed E-state index contributed by atoms with van der Waals surface area (Å²) in [5.74, 6) is 0. The highest BCUT2D eigenvalue weighted by Gasteiger charge is 2.02. The third-order valence-corrected chi connectivity index (χ3v) is 1.31. The van der Waals surface area contributed by atoms with Gasteiger partial charge in [0, 0.05) is 0 Å². The minimum absolute atomic E-state index is 0.175. The van der Waals surface area contributed by atoms with Crippen LogP contribution < -0.4 is 0 Å². The van der Waals surface area contributed by atoms with Crippen LogP contribution in [0, 0.1) is 0 Å². The number of hydrogen-bond donors (Lipinski definition) is 0. The van der Waals surface area contributed by atoms with Crippen molar-refractivity contribution < 1.29 is 4.39 Å². The molecule has 0 aromatic carbocycles. The van der Waals surface area contributed by atoms with E-state index in [1.165, 1.54) is 12.0 Å². The van der Waals surface area contributed by atoms with Crippen molar-refractivity contribution in [3.8, 4) is 0 Å². The van der Waals surface area contributed by atoms with E-state index in [1.807, 2.05) is 0 Å². The topological polar surface area (TPSA) is 0 Å². The number of rotatable bonds is 2. The fourth-order valence-corrected chi connectivity index (χ4v) is 0.697. The molecule has 0 nitrogen and oxygen atoms in total. The molecular weight excluding hydrogens is 91.1 g/mol. The van der Waals surface area contributed by atoms with E-state index in [9.17, 15) is 4.39 Å². The molecule has 0 saturated carbocycles. The number of alkyl halides is 1. The average molecular weight is 100 g/mol. The van der Waals surface area contributed by atoms with Gasteiger partial charge in [-0.3, -0.25) is 4.39 Å². The summed E-state index contributed by atoms with van der Waals surface area (Å²) < 4.78 is 11.4. The first-order chi connectivity index (χ1) is 3.43. The molecule has 0 radical (unpaired) electrons. The highest BCUT2D eigenvalue weighted by atomic mass is 19.1. The van der Waals surface area contributed by atoms with E-state index in [4.69, 9.17) is 0 Å². The Bertz CT molecular complexity index is 84.2. The summed E-state index contributed by atoms with van der Waals surface area (Å²) in [6.07, 6.45) is 5.11. The maximum atomic E-state index is 11.4. The van der Waals surface area contributed by atoms with Crippen molar-refractivity contribution in [1.29, 1.82) is 0 Å². The molecule has 0 bridgehead atoms. The van der Waals surface area contributed by atoms with Crippen LogP contribution in [0.3, 0.4) is 0 Å². The van der Waals surface area contributed by atoms with Crippen molar-refractivity contribution >= 4 is 0 Å². The van der Waals surface area contributed by atoms with Crippen LogP contribution in [-0.4, -0.2) is 6.67 Å². The SMILES string of the molecule is FCCC1=CCC1. The second kappa shape index (κ2) is 2.10. The van der Waals surface area contributed by atoms with Crippen molar-refractivity contribution in [2.75, 3.05) is 6.67 Å². The van der Waals surface area contributed by atoms with E-state index in [0.29, 0.717) is 6.42 Å². The van der Waals surface area contributed by atoms with Crippen molar-refractivity contribution in [1.82, 2.24) is 0 Å².